The van der Waals surface area contributed by atoms with Crippen molar-refractivity contribution in [3.8, 4) is 5.75 Å². The third kappa shape index (κ3) is 4.16. The number of piperazine rings is 1. The summed E-state index contributed by atoms with van der Waals surface area (Å²) >= 11 is 0. The summed E-state index contributed by atoms with van der Waals surface area (Å²) in [5.74, 6) is 0.914. The Morgan fingerprint density at radius 3 is 2.54 bits per heavy atom. The Morgan fingerprint density at radius 2 is 1.92 bits per heavy atom. The van der Waals surface area contributed by atoms with E-state index in [0.29, 0.717) is 0 Å². The number of rotatable bonds is 7. The molecule has 0 spiro atoms. The second-order valence-corrected chi connectivity index (χ2v) is 7.70. The van der Waals surface area contributed by atoms with Gasteiger partial charge < -0.3 is 19.5 Å². The fourth-order valence-electron chi connectivity index (χ4n) is 4.35. The minimum atomic E-state index is -0.590. The van der Waals surface area contributed by atoms with Crippen molar-refractivity contribution in [1.29, 1.82) is 0 Å². The topological polar surface area (TPSA) is 45.2 Å². The first kappa shape index (κ1) is 19.5. The normalized spacial score (nSPS) is 26.2. The number of nitrogens with zero attached hydrogens (tertiary/aromatic N) is 2. The second-order valence-electron chi connectivity index (χ2n) is 7.70. The lowest BCUT2D eigenvalue weighted by Crippen LogP contribution is -2.47. The van der Waals surface area contributed by atoms with Gasteiger partial charge in [0.1, 0.15) is 5.75 Å². The van der Waals surface area contributed by atoms with Gasteiger partial charge in [0.2, 0.25) is 0 Å². The molecule has 1 aromatic carbocycles. The summed E-state index contributed by atoms with van der Waals surface area (Å²) in [7, 11) is 1.71. The second kappa shape index (κ2) is 8.59. The molecular formula is C21H34N2O3. The van der Waals surface area contributed by atoms with Crippen molar-refractivity contribution >= 4 is 5.69 Å². The number of hydrogen-bond donors (Lipinski definition) is 1. The van der Waals surface area contributed by atoms with Crippen LogP contribution in [-0.2, 0) is 4.74 Å². The van der Waals surface area contributed by atoms with Gasteiger partial charge in [-0.05, 0) is 37.8 Å². The van der Waals surface area contributed by atoms with E-state index in [1.165, 1.54) is 5.69 Å². The first-order valence-electron chi connectivity index (χ1n) is 10.0. The Kier molecular flexibility index (Phi) is 6.43. The molecule has 0 aliphatic carbocycles. The molecule has 0 aromatic heterocycles. The molecule has 26 heavy (non-hydrogen) atoms. The molecular weight excluding hydrogens is 328 g/mol. The maximum atomic E-state index is 10.3. The van der Waals surface area contributed by atoms with E-state index >= 15 is 0 Å². The summed E-state index contributed by atoms with van der Waals surface area (Å²) in [5.41, 5.74) is 1.21. The summed E-state index contributed by atoms with van der Waals surface area (Å²) in [5, 5.41) is 10.3. The van der Waals surface area contributed by atoms with Crippen molar-refractivity contribution < 1.29 is 14.6 Å². The third-order valence-corrected chi connectivity index (χ3v) is 6.45. The van der Waals surface area contributed by atoms with Gasteiger partial charge in [-0.15, -0.1) is 0 Å². The van der Waals surface area contributed by atoms with Crippen molar-refractivity contribution in [3.05, 3.63) is 24.3 Å². The van der Waals surface area contributed by atoms with Crippen LogP contribution >= 0.6 is 0 Å². The largest absolute Gasteiger partial charge is 0.497 e. The molecule has 2 unspecified atom stereocenters. The smallest absolute Gasteiger partial charge is 0.160 e. The van der Waals surface area contributed by atoms with Crippen molar-refractivity contribution in [3.63, 3.8) is 0 Å². The van der Waals surface area contributed by atoms with Gasteiger partial charge >= 0.3 is 0 Å². The lowest BCUT2D eigenvalue weighted by Gasteiger charge is -2.36. The van der Waals surface area contributed by atoms with Gasteiger partial charge in [-0.1, -0.05) is 19.9 Å². The lowest BCUT2D eigenvalue weighted by atomic mass is 9.78. The number of methoxy groups -OCH3 is 1. The van der Waals surface area contributed by atoms with E-state index in [9.17, 15) is 5.11 Å². The van der Waals surface area contributed by atoms with Crippen LogP contribution in [0.15, 0.2) is 24.3 Å². The summed E-state index contributed by atoms with van der Waals surface area (Å²) in [6.45, 7) is 9.59. The average molecular weight is 363 g/mol. The monoisotopic (exact) mass is 362 g/mol. The van der Waals surface area contributed by atoms with E-state index in [1.807, 2.05) is 6.07 Å². The van der Waals surface area contributed by atoms with Crippen molar-refractivity contribution in [1.82, 2.24) is 4.90 Å². The first-order chi connectivity index (χ1) is 12.6. The van der Waals surface area contributed by atoms with Gasteiger partial charge in [-0.3, -0.25) is 4.90 Å². The van der Waals surface area contributed by atoms with Gasteiger partial charge in [0, 0.05) is 49.9 Å². The van der Waals surface area contributed by atoms with Gasteiger partial charge in [-0.25, -0.2) is 0 Å². The molecule has 2 aliphatic rings. The molecule has 2 aliphatic heterocycles. The SMILES string of the molecule is CCC1(CC)CC(CCN2CCN(c3cccc(OC)c3)CC2)OC1O. The van der Waals surface area contributed by atoms with E-state index in [2.05, 4.69) is 41.8 Å². The highest BCUT2D eigenvalue weighted by Crippen LogP contribution is 2.44. The van der Waals surface area contributed by atoms with Crippen LogP contribution < -0.4 is 9.64 Å². The molecule has 1 aromatic rings. The molecule has 146 valence electrons. The molecule has 1 N–H and O–H groups in total. The van der Waals surface area contributed by atoms with Crippen molar-refractivity contribution in [2.75, 3.05) is 44.7 Å². The van der Waals surface area contributed by atoms with Crippen LogP contribution in [0, 0.1) is 5.41 Å². The highest BCUT2D eigenvalue weighted by Gasteiger charge is 2.45. The van der Waals surface area contributed by atoms with Crippen molar-refractivity contribution in [2.24, 2.45) is 5.41 Å². The molecule has 5 heteroatoms. The quantitative estimate of drug-likeness (QED) is 0.807. The summed E-state index contributed by atoms with van der Waals surface area (Å²) in [6.07, 6.45) is 3.58. The van der Waals surface area contributed by atoms with Gasteiger partial charge in [0.05, 0.1) is 13.2 Å². The summed E-state index contributed by atoms with van der Waals surface area (Å²) < 4.78 is 11.2. The van der Waals surface area contributed by atoms with E-state index < -0.39 is 6.29 Å². The standard InChI is InChI=1S/C21H34N2O3/c1-4-21(5-2)16-19(26-20(21)24)9-10-22-11-13-23(14-12-22)17-7-6-8-18(15-17)25-3/h6-8,15,19-20,24H,4-5,9-14,16H2,1-3H3. The Bertz CT molecular complexity index is 568. The third-order valence-electron chi connectivity index (χ3n) is 6.45. The van der Waals surface area contributed by atoms with Crippen LogP contribution in [0.1, 0.15) is 39.5 Å². The molecule has 0 bridgehead atoms. The zero-order chi connectivity index (χ0) is 18.6. The van der Waals surface area contributed by atoms with Gasteiger partial charge in [0.15, 0.2) is 6.29 Å². The Morgan fingerprint density at radius 1 is 1.19 bits per heavy atom. The molecule has 2 atom stereocenters. The number of ether oxygens (including phenoxy) is 2. The fourth-order valence-corrected chi connectivity index (χ4v) is 4.35. The molecule has 0 amide bonds. The predicted octanol–water partition coefficient (Wildman–Crippen LogP) is 3.12. The van der Waals surface area contributed by atoms with Crippen LogP contribution in [0.4, 0.5) is 5.69 Å². The maximum absolute atomic E-state index is 10.3. The van der Waals surface area contributed by atoms with Gasteiger partial charge in [-0.2, -0.15) is 0 Å². The maximum Gasteiger partial charge on any atom is 0.160 e. The molecule has 2 saturated heterocycles. The number of benzene rings is 1. The van der Waals surface area contributed by atoms with Crippen LogP contribution in [0.2, 0.25) is 0 Å². The Hall–Kier alpha value is -1.30. The zero-order valence-electron chi connectivity index (χ0n) is 16.5. The zero-order valence-corrected chi connectivity index (χ0v) is 16.5. The number of aliphatic hydroxyl groups excluding tert-OH is 1. The first-order valence-corrected chi connectivity index (χ1v) is 10.0. The minimum Gasteiger partial charge on any atom is -0.497 e. The molecule has 0 saturated carbocycles. The number of anilines is 1. The van der Waals surface area contributed by atoms with Crippen LogP contribution in [0.5, 0.6) is 5.75 Å². The Balaban J connectivity index is 1.45. The highest BCUT2D eigenvalue weighted by molar-refractivity contribution is 5.51. The summed E-state index contributed by atoms with van der Waals surface area (Å²) in [6, 6.07) is 8.30. The van der Waals surface area contributed by atoms with Crippen LogP contribution in [0.3, 0.4) is 0 Å². The van der Waals surface area contributed by atoms with Crippen LogP contribution in [-0.4, -0.2) is 62.2 Å². The molecule has 0 radical (unpaired) electrons. The molecule has 3 rings (SSSR count). The predicted molar refractivity (Wildman–Crippen MR) is 105 cm³/mol. The van der Waals surface area contributed by atoms with Crippen LogP contribution in [0.25, 0.3) is 0 Å². The van der Waals surface area contributed by atoms with E-state index in [0.717, 1.165) is 64.2 Å². The number of hydrogen-bond acceptors (Lipinski definition) is 5. The molecule has 2 heterocycles. The lowest BCUT2D eigenvalue weighted by molar-refractivity contribution is -0.138. The van der Waals surface area contributed by atoms with E-state index in [1.54, 1.807) is 7.11 Å². The molecule has 2 fully saturated rings. The van der Waals surface area contributed by atoms with E-state index in [4.69, 9.17) is 9.47 Å². The summed E-state index contributed by atoms with van der Waals surface area (Å²) in [4.78, 5) is 4.94. The highest BCUT2D eigenvalue weighted by atomic mass is 16.6. The number of aliphatic hydroxyl groups is 1. The average Bonchev–Trinajstić information content (AvgIpc) is 3.03. The fraction of sp³-hybridized carbons (Fsp3) is 0.714. The van der Waals surface area contributed by atoms with Crippen molar-refractivity contribution in [2.45, 2.75) is 51.9 Å². The Labute approximate surface area is 157 Å². The minimum absolute atomic E-state index is 0.0320. The molecule has 5 nitrogen and oxygen atoms in total. The van der Waals surface area contributed by atoms with E-state index in [-0.39, 0.29) is 11.5 Å². The van der Waals surface area contributed by atoms with Gasteiger partial charge in [0.25, 0.3) is 0 Å².